The number of carbonyl (C=O) groups is 1. The molecular formula is C26H33N7O3. The van der Waals surface area contributed by atoms with Crippen molar-refractivity contribution in [2.75, 3.05) is 55.7 Å². The molecule has 0 unspecified atom stereocenters. The molecule has 0 aliphatic carbocycles. The number of hydrogen-bond acceptors (Lipinski definition) is 8. The number of likely N-dealkylation sites (tertiary alicyclic amines) is 1. The number of H-pyrrole nitrogens is 1. The van der Waals surface area contributed by atoms with Crippen LogP contribution in [0, 0.1) is 23.7 Å². The van der Waals surface area contributed by atoms with Gasteiger partial charge in [-0.25, -0.2) is 9.97 Å². The van der Waals surface area contributed by atoms with E-state index in [1.54, 1.807) is 13.1 Å². The Kier molecular flexibility index (Phi) is 6.92. The molecule has 36 heavy (non-hydrogen) atoms. The Labute approximate surface area is 210 Å². The summed E-state index contributed by atoms with van der Waals surface area (Å²) >= 11 is 0. The first-order valence-electron chi connectivity index (χ1n) is 12.8. The molecule has 0 saturated carbocycles. The van der Waals surface area contributed by atoms with Crippen LogP contribution < -0.4 is 15.4 Å². The fourth-order valence-electron chi connectivity index (χ4n) is 5.68. The van der Waals surface area contributed by atoms with E-state index in [1.165, 1.54) is 6.33 Å². The minimum Gasteiger partial charge on any atom is -0.379 e. The zero-order valence-corrected chi connectivity index (χ0v) is 20.8. The number of rotatable bonds is 7. The van der Waals surface area contributed by atoms with Crippen molar-refractivity contribution >= 4 is 17.5 Å². The molecule has 5 heterocycles. The molecule has 5 rings (SSSR count). The van der Waals surface area contributed by atoms with E-state index in [-0.39, 0.29) is 22.9 Å². The molecule has 1 amide bonds. The first-order chi connectivity index (χ1) is 17.5. The number of aromatic nitrogens is 3. The third-order valence-corrected chi connectivity index (χ3v) is 7.91. The smallest absolute Gasteiger partial charge is 0.255 e. The van der Waals surface area contributed by atoms with Gasteiger partial charge in [-0.05, 0) is 44.7 Å². The first-order valence-corrected chi connectivity index (χ1v) is 12.8. The zero-order chi connectivity index (χ0) is 25.1. The Morgan fingerprint density at radius 1 is 1.25 bits per heavy atom. The summed E-state index contributed by atoms with van der Waals surface area (Å²) in [6.07, 6.45) is 7.58. The third-order valence-electron chi connectivity index (χ3n) is 7.91. The standard InChI is InChI=1S/C26H33N7O3/c1-19-24(29-18-30-25(19)35)33-9-2-3-21(33)15-36-12-6-23(34)32-16-26(17-32)7-10-31(11-8-26)22-5-4-20(13-27)14-28-22/h4-5,14,18,21H,2-3,6-12,15-17H2,1H3,(H,29,30,35)/t21-/m0/s1. The molecule has 1 spiro atoms. The molecule has 1 N–H and O–H groups in total. The molecule has 10 heteroatoms. The lowest BCUT2D eigenvalue weighted by atomic mass is 9.72. The molecule has 190 valence electrons. The van der Waals surface area contributed by atoms with Gasteiger partial charge in [0.05, 0.1) is 43.1 Å². The molecule has 2 aromatic heterocycles. The largest absolute Gasteiger partial charge is 0.379 e. The lowest BCUT2D eigenvalue weighted by molar-refractivity contribution is -0.146. The highest BCUT2D eigenvalue weighted by molar-refractivity contribution is 5.77. The number of anilines is 2. The molecular weight excluding hydrogens is 458 g/mol. The number of piperidine rings is 1. The molecule has 0 aromatic carbocycles. The molecule has 3 aliphatic rings. The molecule has 10 nitrogen and oxygen atoms in total. The molecule has 2 aromatic rings. The summed E-state index contributed by atoms with van der Waals surface area (Å²) in [5, 5.41) is 8.95. The van der Waals surface area contributed by atoms with Crippen LogP contribution in [0.5, 0.6) is 0 Å². The first kappa shape index (κ1) is 24.3. The summed E-state index contributed by atoms with van der Waals surface area (Å²) in [4.78, 5) is 42.4. The van der Waals surface area contributed by atoms with Gasteiger partial charge in [-0.2, -0.15) is 5.26 Å². The highest BCUT2D eigenvalue weighted by atomic mass is 16.5. The maximum absolute atomic E-state index is 12.7. The number of aromatic amines is 1. The van der Waals surface area contributed by atoms with Crippen molar-refractivity contribution in [1.29, 1.82) is 5.26 Å². The van der Waals surface area contributed by atoms with E-state index in [0.29, 0.717) is 30.8 Å². The second kappa shape index (κ2) is 10.3. The van der Waals surface area contributed by atoms with Gasteiger partial charge in [-0.15, -0.1) is 0 Å². The van der Waals surface area contributed by atoms with Gasteiger partial charge in [0.15, 0.2) is 0 Å². The van der Waals surface area contributed by atoms with Gasteiger partial charge in [0.25, 0.3) is 5.56 Å². The van der Waals surface area contributed by atoms with E-state index in [2.05, 4.69) is 30.8 Å². The van der Waals surface area contributed by atoms with Crippen LogP contribution in [0.15, 0.2) is 29.5 Å². The number of nitrogens with one attached hydrogen (secondary N) is 1. The van der Waals surface area contributed by atoms with E-state index in [9.17, 15) is 9.59 Å². The molecule has 0 bridgehead atoms. The molecule has 1 atom stereocenters. The van der Waals surface area contributed by atoms with Crippen molar-refractivity contribution in [2.24, 2.45) is 5.41 Å². The SMILES string of the molecule is Cc1c(N2CCC[C@H]2COCCC(=O)N2CC3(CCN(c4ccc(C#N)cn4)CC3)C2)nc[nH]c1=O. The van der Waals surface area contributed by atoms with Crippen LogP contribution in [0.1, 0.15) is 43.2 Å². The van der Waals surface area contributed by atoms with Crippen molar-refractivity contribution in [3.63, 3.8) is 0 Å². The Balaban J connectivity index is 1.02. The third kappa shape index (κ3) is 4.93. The quantitative estimate of drug-likeness (QED) is 0.583. The summed E-state index contributed by atoms with van der Waals surface area (Å²) in [6.45, 7) is 7.08. The number of ether oxygens (including phenoxy) is 1. The Bertz CT molecular complexity index is 1170. The average molecular weight is 492 g/mol. The summed E-state index contributed by atoms with van der Waals surface area (Å²) in [5.74, 6) is 1.80. The number of nitrogens with zero attached hydrogens (tertiary/aromatic N) is 6. The van der Waals surface area contributed by atoms with Gasteiger partial charge >= 0.3 is 0 Å². The molecule has 0 radical (unpaired) electrons. The minimum atomic E-state index is -0.110. The van der Waals surface area contributed by atoms with E-state index >= 15 is 0 Å². The van der Waals surface area contributed by atoms with Gasteiger partial charge in [0, 0.05) is 44.3 Å². The van der Waals surface area contributed by atoms with Crippen LogP contribution in [0.2, 0.25) is 0 Å². The van der Waals surface area contributed by atoms with Crippen LogP contribution in [-0.2, 0) is 9.53 Å². The molecule has 3 aliphatic heterocycles. The predicted molar refractivity (Wildman–Crippen MR) is 135 cm³/mol. The van der Waals surface area contributed by atoms with Crippen LogP contribution in [0.4, 0.5) is 11.6 Å². The summed E-state index contributed by atoms with van der Waals surface area (Å²) in [7, 11) is 0. The van der Waals surface area contributed by atoms with E-state index in [4.69, 9.17) is 10.00 Å². The van der Waals surface area contributed by atoms with Crippen molar-refractivity contribution in [3.05, 3.63) is 46.1 Å². The second-order valence-electron chi connectivity index (χ2n) is 10.2. The van der Waals surface area contributed by atoms with Gasteiger partial charge in [-0.3, -0.25) is 9.59 Å². The van der Waals surface area contributed by atoms with Crippen molar-refractivity contribution < 1.29 is 9.53 Å². The monoisotopic (exact) mass is 491 g/mol. The average Bonchev–Trinajstić information content (AvgIpc) is 3.35. The maximum atomic E-state index is 12.7. The Hall–Kier alpha value is -3.45. The summed E-state index contributed by atoms with van der Waals surface area (Å²) in [6, 6.07) is 6.00. The van der Waals surface area contributed by atoms with Gasteiger partial charge in [-0.1, -0.05) is 0 Å². The van der Waals surface area contributed by atoms with Crippen molar-refractivity contribution in [2.45, 2.75) is 45.1 Å². The number of carbonyl (C=O) groups excluding carboxylic acids is 1. The fourth-order valence-corrected chi connectivity index (χ4v) is 5.68. The van der Waals surface area contributed by atoms with Crippen LogP contribution in [-0.4, -0.2) is 77.7 Å². The predicted octanol–water partition coefficient (Wildman–Crippen LogP) is 1.85. The zero-order valence-electron chi connectivity index (χ0n) is 20.8. The number of pyridine rings is 1. The van der Waals surface area contributed by atoms with E-state index in [0.717, 1.165) is 70.0 Å². The number of nitriles is 1. The van der Waals surface area contributed by atoms with Crippen molar-refractivity contribution in [1.82, 2.24) is 19.9 Å². The highest BCUT2D eigenvalue weighted by Crippen LogP contribution is 2.41. The van der Waals surface area contributed by atoms with Crippen molar-refractivity contribution in [3.8, 4) is 6.07 Å². The normalized spacial score (nSPS) is 20.9. The van der Waals surface area contributed by atoms with Crippen LogP contribution in [0.25, 0.3) is 0 Å². The maximum Gasteiger partial charge on any atom is 0.255 e. The molecule has 3 fully saturated rings. The minimum absolute atomic E-state index is 0.110. The van der Waals surface area contributed by atoms with Gasteiger partial charge < -0.3 is 24.4 Å². The van der Waals surface area contributed by atoms with E-state index < -0.39 is 0 Å². The summed E-state index contributed by atoms with van der Waals surface area (Å²) < 4.78 is 5.91. The topological polar surface area (TPSA) is 118 Å². The van der Waals surface area contributed by atoms with Crippen LogP contribution >= 0.6 is 0 Å². The van der Waals surface area contributed by atoms with E-state index in [1.807, 2.05) is 17.0 Å². The lowest BCUT2D eigenvalue weighted by Crippen LogP contribution is -2.62. The summed E-state index contributed by atoms with van der Waals surface area (Å²) in [5.41, 5.74) is 1.32. The van der Waals surface area contributed by atoms with Gasteiger partial charge in [0.2, 0.25) is 5.91 Å². The number of hydrogen-bond donors (Lipinski definition) is 1. The molecule has 3 saturated heterocycles. The fraction of sp³-hybridized carbons (Fsp3) is 0.577. The number of amides is 1. The second-order valence-corrected chi connectivity index (χ2v) is 10.2. The lowest BCUT2D eigenvalue weighted by Gasteiger charge is -2.54. The van der Waals surface area contributed by atoms with Crippen LogP contribution in [0.3, 0.4) is 0 Å². The Morgan fingerprint density at radius 3 is 2.78 bits per heavy atom. The highest BCUT2D eigenvalue weighted by Gasteiger charge is 2.46. The van der Waals surface area contributed by atoms with Gasteiger partial charge in [0.1, 0.15) is 17.7 Å². The Morgan fingerprint density at radius 2 is 2.06 bits per heavy atom.